The van der Waals surface area contributed by atoms with E-state index >= 15 is 0 Å². The monoisotopic (exact) mass is 391 g/mol. The van der Waals surface area contributed by atoms with Crippen molar-refractivity contribution in [2.24, 2.45) is 0 Å². The number of hydrogen-bond acceptors (Lipinski definition) is 4. The van der Waals surface area contributed by atoms with Crippen LogP contribution in [0.5, 0.6) is 0 Å². The van der Waals surface area contributed by atoms with Gasteiger partial charge in [-0.15, -0.1) is 0 Å². The van der Waals surface area contributed by atoms with Gasteiger partial charge in [0.25, 0.3) is 5.91 Å². The van der Waals surface area contributed by atoms with Gasteiger partial charge in [-0.3, -0.25) is 4.79 Å². The Balaban J connectivity index is 2.02. The predicted molar refractivity (Wildman–Crippen MR) is 100 cm³/mol. The van der Waals surface area contributed by atoms with Gasteiger partial charge in [-0.1, -0.05) is 29.3 Å². The van der Waals surface area contributed by atoms with Gasteiger partial charge < -0.3 is 14.5 Å². The Kier molecular flexibility index (Phi) is 5.15. The minimum Gasteiger partial charge on any atom is -0.461 e. The van der Waals surface area contributed by atoms with Crippen molar-refractivity contribution in [1.82, 2.24) is 9.38 Å². The van der Waals surface area contributed by atoms with Gasteiger partial charge in [0.2, 0.25) is 0 Å². The molecule has 26 heavy (non-hydrogen) atoms. The molecule has 8 heteroatoms. The number of aryl methyl sites for hydroxylation is 1. The van der Waals surface area contributed by atoms with Crippen molar-refractivity contribution in [2.75, 3.05) is 11.9 Å². The number of imidazole rings is 1. The Morgan fingerprint density at radius 2 is 1.88 bits per heavy atom. The maximum absolute atomic E-state index is 12.6. The Bertz CT molecular complexity index is 994. The summed E-state index contributed by atoms with van der Waals surface area (Å²) >= 11 is 12.2. The zero-order valence-electron chi connectivity index (χ0n) is 14.0. The zero-order valence-corrected chi connectivity index (χ0v) is 15.6. The molecule has 2 aromatic heterocycles. The fourth-order valence-electron chi connectivity index (χ4n) is 2.58. The number of ether oxygens (including phenoxy) is 1. The molecular weight excluding hydrogens is 377 g/mol. The first kappa shape index (κ1) is 18.2. The third-order valence-corrected chi connectivity index (χ3v) is 4.43. The minimum atomic E-state index is -0.514. The number of amides is 1. The van der Waals surface area contributed by atoms with Crippen LogP contribution in [-0.4, -0.2) is 27.9 Å². The van der Waals surface area contributed by atoms with Crippen LogP contribution in [0.2, 0.25) is 10.0 Å². The molecule has 0 atom stereocenters. The molecule has 0 bridgehead atoms. The Morgan fingerprint density at radius 3 is 2.54 bits per heavy atom. The lowest BCUT2D eigenvalue weighted by Crippen LogP contribution is -2.14. The first-order valence-corrected chi connectivity index (χ1v) is 8.59. The van der Waals surface area contributed by atoms with Crippen LogP contribution in [0.3, 0.4) is 0 Å². The van der Waals surface area contributed by atoms with Crippen molar-refractivity contribution < 1.29 is 14.3 Å². The van der Waals surface area contributed by atoms with Gasteiger partial charge >= 0.3 is 5.97 Å². The van der Waals surface area contributed by atoms with Crippen molar-refractivity contribution in [3.8, 4) is 0 Å². The fraction of sp³-hybridized carbons (Fsp3) is 0.167. The molecule has 1 N–H and O–H groups in total. The molecule has 0 radical (unpaired) electrons. The number of fused-ring (bicyclic) bond motifs is 1. The van der Waals surface area contributed by atoms with Crippen LogP contribution in [0, 0.1) is 6.92 Å². The van der Waals surface area contributed by atoms with E-state index in [1.54, 1.807) is 54.8 Å². The van der Waals surface area contributed by atoms with Gasteiger partial charge in [-0.2, -0.15) is 0 Å². The van der Waals surface area contributed by atoms with Gasteiger partial charge in [-0.05, 0) is 38.1 Å². The number of esters is 1. The second kappa shape index (κ2) is 7.35. The summed E-state index contributed by atoms with van der Waals surface area (Å²) in [5.41, 5.74) is 1.83. The molecule has 0 aliphatic rings. The number of nitrogens with zero attached hydrogens (tertiary/aromatic N) is 2. The Labute approximate surface area is 159 Å². The van der Waals surface area contributed by atoms with Crippen LogP contribution >= 0.6 is 23.2 Å². The van der Waals surface area contributed by atoms with E-state index in [0.29, 0.717) is 17.0 Å². The highest BCUT2D eigenvalue weighted by atomic mass is 35.5. The number of carbonyl (C=O) groups is 2. The highest BCUT2D eigenvalue weighted by molar-refractivity contribution is 6.40. The summed E-state index contributed by atoms with van der Waals surface area (Å²) in [4.78, 5) is 29.0. The average molecular weight is 392 g/mol. The third-order valence-electron chi connectivity index (χ3n) is 3.80. The number of nitrogens with one attached hydrogen (secondary N) is 1. The van der Waals surface area contributed by atoms with E-state index in [4.69, 9.17) is 27.9 Å². The molecule has 0 unspecified atom stereocenters. The number of carbonyl (C=O) groups excluding carboxylic acids is 2. The van der Waals surface area contributed by atoms with Crippen LogP contribution in [0.25, 0.3) is 5.65 Å². The summed E-state index contributed by atoms with van der Waals surface area (Å²) in [6, 6.07) is 8.24. The van der Waals surface area contributed by atoms with Crippen LogP contribution in [-0.2, 0) is 4.74 Å². The van der Waals surface area contributed by atoms with E-state index in [1.807, 2.05) is 0 Å². The lowest BCUT2D eigenvalue weighted by atomic mass is 10.2. The molecule has 0 spiro atoms. The van der Waals surface area contributed by atoms with Crippen molar-refractivity contribution in [3.05, 3.63) is 63.5 Å². The van der Waals surface area contributed by atoms with Crippen molar-refractivity contribution in [3.63, 3.8) is 0 Å². The topological polar surface area (TPSA) is 72.7 Å². The maximum atomic E-state index is 12.6. The highest BCUT2D eigenvalue weighted by Crippen LogP contribution is 2.27. The summed E-state index contributed by atoms with van der Waals surface area (Å²) < 4.78 is 6.73. The van der Waals surface area contributed by atoms with Gasteiger partial charge in [0.1, 0.15) is 0 Å². The summed E-state index contributed by atoms with van der Waals surface area (Å²) in [5, 5.41) is 3.24. The predicted octanol–water partition coefficient (Wildman–Crippen LogP) is 4.38. The molecule has 6 nitrogen and oxygen atoms in total. The maximum Gasteiger partial charge on any atom is 0.358 e. The number of halogens is 2. The van der Waals surface area contributed by atoms with Crippen LogP contribution in [0.1, 0.15) is 33.5 Å². The molecular formula is C18H15Cl2N3O3. The van der Waals surface area contributed by atoms with E-state index < -0.39 is 11.9 Å². The van der Waals surface area contributed by atoms with Gasteiger partial charge in [0.05, 0.1) is 33.6 Å². The normalized spacial score (nSPS) is 10.8. The Morgan fingerprint density at radius 1 is 1.19 bits per heavy atom. The van der Waals surface area contributed by atoms with Crippen LogP contribution in [0.4, 0.5) is 5.69 Å². The second-order valence-corrected chi connectivity index (χ2v) is 6.25. The van der Waals surface area contributed by atoms with Crippen LogP contribution < -0.4 is 5.32 Å². The lowest BCUT2D eigenvalue weighted by molar-refractivity contribution is 0.0519. The largest absolute Gasteiger partial charge is 0.461 e. The Hall–Kier alpha value is -2.57. The van der Waals surface area contributed by atoms with E-state index in [1.165, 1.54) is 0 Å². The molecule has 0 aliphatic heterocycles. The quantitative estimate of drug-likeness (QED) is 0.669. The molecule has 2 heterocycles. The summed E-state index contributed by atoms with van der Waals surface area (Å²) in [6.45, 7) is 3.73. The first-order chi connectivity index (χ1) is 12.4. The highest BCUT2D eigenvalue weighted by Gasteiger charge is 2.20. The smallest absolute Gasteiger partial charge is 0.358 e. The number of aromatic nitrogens is 2. The molecule has 0 saturated carbocycles. The summed E-state index contributed by atoms with van der Waals surface area (Å²) in [5.74, 6) is -0.979. The van der Waals surface area contributed by atoms with Gasteiger partial charge in [-0.25, -0.2) is 9.78 Å². The molecule has 3 rings (SSSR count). The zero-order chi connectivity index (χ0) is 18.8. The lowest BCUT2D eigenvalue weighted by Gasteiger charge is -2.09. The SMILES string of the molecule is CCOC(=O)c1nc2c(NC(=O)c3c(Cl)cccc3Cl)cccn2c1C. The molecule has 0 aliphatic carbocycles. The number of hydrogen-bond donors (Lipinski definition) is 1. The summed E-state index contributed by atoms with van der Waals surface area (Å²) in [7, 11) is 0. The average Bonchev–Trinajstić information content (AvgIpc) is 2.93. The van der Waals surface area contributed by atoms with Crippen molar-refractivity contribution in [2.45, 2.75) is 13.8 Å². The van der Waals surface area contributed by atoms with E-state index in [2.05, 4.69) is 10.3 Å². The third kappa shape index (κ3) is 3.25. The van der Waals surface area contributed by atoms with Crippen molar-refractivity contribution >= 4 is 46.4 Å². The molecule has 3 aromatic rings. The second-order valence-electron chi connectivity index (χ2n) is 5.43. The van der Waals surface area contributed by atoms with E-state index in [9.17, 15) is 9.59 Å². The number of anilines is 1. The first-order valence-electron chi connectivity index (χ1n) is 7.84. The standard InChI is InChI=1S/C18H15Cl2N3O3/c1-3-26-18(25)15-10(2)23-9-5-8-13(16(23)22-15)21-17(24)14-11(19)6-4-7-12(14)20/h4-9H,3H2,1-2H3,(H,21,24). The molecule has 1 aromatic carbocycles. The fourth-order valence-corrected chi connectivity index (χ4v) is 3.14. The van der Waals surface area contributed by atoms with E-state index in [0.717, 1.165) is 0 Å². The van der Waals surface area contributed by atoms with Crippen LogP contribution in [0.15, 0.2) is 36.5 Å². The van der Waals surface area contributed by atoms with Gasteiger partial charge in [0, 0.05) is 6.20 Å². The molecule has 1 amide bonds. The number of benzene rings is 1. The number of pyridine rings is 1. The van der Waals surface area contributed by atoms with Crippen molar-refractivity contribution in [1.29, 1.82) is 0 Å². The van der Waals surface area contributed by atoms with E-state index in [-0.39, 0.29) is 27.9 Å². The minimum absolute atomic E-state index is 0.173. The molecule has 134 valence electrons. The summed E-state index contributed by atoms with van der Waals surface area (Å²) in [6.07, 6.45) is 1.75. The van der Waals surface area contributed by atoms with Gasteiger partial charge in [0.15, 0.2) is 11.3 Å². The molecule has 0 fully saturated rings. The molecule has 0 saturated heterocycles. The number of rotatable bonds is 4.